The second kappa shape index (κ2) is 7.64. The molecule has 2 rings (SSSR count). The van der Waals surface area contributed by atoms with Crippen LogP contribution in [0.5, 0.6) is 5.75 Å². The minimum atomic E-state index is -0.663. The molecule has 23 heavy (non-hydrogen) atoms. The number of benzene rings is 1. The van der Waals surface area contributed by atoms with Crippen molar-refractivity contribution in [1.82, 2.24) is 5.32 Å². The van der Waals surface area contributed by atoms with Gasteiger partial charge in [-0.2, -0.15) is 0 Å². The summed E-state index contributed by atoms with van der Waals surface area (Å²) in [5.41, 5.74) is 6.80. The first-order valence-corrected chi connectivity index (χ1v) is 7.91. The van der Waals surface area contributed by atoms with Gasteiger partial charge in [0.05, 0.1) is 25.3 Å². The van der Waals surface area contributed by atoms with E-state index in [1.807, 2.05) is 36.6 Å². The smallest absolute Gasteiger partial charge is 0.312 e. The van der Waals surface area contributed by atoms with Gasteiger partial charge < -0.3 is 21.1 Å². The second-order valence-corrected chi connectivity index (χ2v) is 6.01. The molecule has 122 valence electrons. The van der Waals surface area contributed by atoms with Crippen molar-refractivity contribution in [2.75, 3.05) is 12.4 Å². The Labute approximate surface area is 138 Å². The van der Waals surface area contributed by atoms with Gasteiger partial charge in [-0.3, -0.25) is 4.79 Å². The summed E-state index contributed by atoms with van der Waals surface area (Å²) in [6.07, 6.45) is 0.0839. The molecule has 4 N–H and O–H groups in total. The van der Waals surface area contributed by atoms with E-state index in [2.05, 4.69) is 10.6 Å². The molecule has 0 aliphatic heterocycles. The second-order valence-electron chi connectivity index (χ2n) is 5.03. The van der Waals surface area contributed by atoms with Crippen molar-refractivity contribution < 1.29 is 14.3 Å². The van der Waals surface area contributed by atoms with Crippen LogP contribution in [-0.4, -0.2) is 19.0 Å². The van der Waals surface area contributed by atoms with Gasteiger partial charge in [-0.15, -0.1) is 11.3 Å². The van der Waals surface area contributed by atoms with E-state index in [-0.39, 0.29) is 12.3 Å². The summed E-state index contributed by atoms with van der Waals surface area (Å²) in [4.78, 5) is 24.3. The minimum absolute atomic E-state index is 0.0839. The number of thiophene rings is 1. The highest BCUT2D eigenvalue weighted by atomic mass is 32.1. The van der Waals surface area contributed by atoms with Gasteiger partial charge in [0.25, 0.3) is 0 Å². The summed E-state index contributed by atoms with van der Waals surface area (Å²) >= 11 is 1.46. The van der Waals surface area contributed by atoms with Crippen LogP contribution in [0, 0.1) is 6.92 Å². The molecule has 0 aliphatic carbocycles. The summed E-state index contributed by atoms with van der Waals surface area (Å²) in [6.45, 7) is 1.93. The van der Waals surface area contributed by atoms with Gasteiger partial charge in [-0.1, -0.05) is 12.1 Å². The van der Waals surface area contributed by atoms with Gasteiger partial charge in [0.1, 0.15) is 5.75 Å². The molecule has 0 bridgehead atoms. The third kappa shape index (κ3) is 4.72. The maximum Gasteiger partial charge on any atom is 0.312 e. The van der Waals surface area contributed by atoms with Crippen molar-refractivity contribution in [3.63, 3.8) is 0 Å². The summed E-state index contributed by atoms with van der Waals surface area (Å²) in [6, 6.07) is 8.12. The van der Waals surface area contributed by atoms with Gasteiger partial charge in [-0.05, 0) is 36.1 Å². The zero-order chi connectivity index (χ0) is 16.8. The number of anilines is 1. The lowest BCUT2D eigenvalue weighted by Crippen LogP contribution is -2.34. The molecular weight excluding hydrogens is 314 g/mol. The van der Waals surface area contributed by atoms with E-state index in [9.17, 15) is 9.59 Å². The summed E-state index contributed by atoms with van der Waals surface area (Å²) in [5, 5.41) is 7.29. The van der Waals surface area contributed by atoms with E-state index in [0.29, 0.717) is 11.4 Å². The maximum atomic E-state index is 12.3. The largest absolute Gasteiger partial charge is 0.495 e. The molecule has 1 unspecified atom stereocenters. The Morgan fingerprint density at radius 2 is 2.13 bits per heavy atom. The predicted octanol–water partition coefficient (Wildman–Crippen LogP) is 2.80. The Hall–Kier alpha value is -2.54. The quantitative estimate of drug-likeness (QED) is 0.759. The topological polar surface area (TPSA) is 93.4 Å². The molecule has 0 saturated heterocycles. The zero-order valence-electron chi connectivity index (χ0n) is 13.0. The van der Waals surface area contributed by atoms with Crippen LogP contribution in [0.15, 0.2) is 35.7 Å². The highest BCUT2D eigenvalue weighted by molar-refractivity contribution is 7.10. The van der Waals surface area contributed by atoms with E-state index < -0.39 is 12.1 Å². The van der Waals surface area contributed by atoms with Gasteiger partial charge in [-0.25, -0.2) is 4.79 Å². The highest BCUT2D eigenvalue weighted by Gasteiger charge is 2.19. The predicted molar refractivity (Wildman–Crippen MR) is 90.8 cm³/mol. The number of carbonyl (C=O) groups excluding carboxylic acids is 2. The number of hydrogen-bond acceptors (Lipinski definition) is 4. The number of rotatable bonds is 6. The molecule has 3 amide bonds. The molecule has 1 heterocycles. The van der Waals surface area contributed by atoms with Crippen molar-refractivity contribution in [3.05, 3.63) is 46.2 Å². The lowest BCUT2D eigenvalue weighted by molar-refractivity contribution is -0.116. The first-order chi connectivity index (χ1) is 11.0. The number of hydrogen-bond donors (Lipinski definition) is 3. The van der Waals surface area contributed by atoms with Crippen LogP contribution >= 0.6 is 11.3 Å². The Balaban J connectivity index is 2.10. The van der Waals surface area contributed by atoms with Crippen molar-refractivity contribution >= 4 is 29.0 Å². The number of ether oxygens (including phenoxy) is 1. The number of nitrogens with one attached hydrogen (secondary N) is 2. The standard InChI is InChI=1S/C16H19N3O3S/c1-10-5-6-13(22-2)11(8-10)18-15(20)9-12(19-16(17)21)14-4-3-7-23-14/h3-8,12H,9H2,1-2H3,(H,18,20)(H3,17,19,21). The van der Waals surface area contributed by atoms with Crippen LogP contribution in [0.2, 0.25) is 0 Å². The fourth-order valence-corrected chi connectivity index (χ4v) is 2.97. The maximum absolute atomic E-state index is 12.3. The Kier molecular flexibility index (Phi) is 5.59. The van der Waals surface area contributed by atoms with Crippen LogP contribution in [0.1, 0.15) is 22.9 Å². The van der Waals surface area contributed by atoms with E-state index >= 15 is 0 Å². The summed E-state index contributed by atoms with van der Waals surface area (Å²) in [5.74, 6) is 0.348. The Morgan fingerprint density at radius 3 is 2.74 bits per heavy atom. The SMILES string of the molecule is COc1ccc(C)cc1NC(=O)CC(NC(N)=O)c1cccs1. The lowest BCUT2D eigenvalue weighted by Gasteiger charge is -2.17. The molecule has 0 aliphatic rings. The van der Waals surface area contributed by atoms with Crippen LogP contribution in [0.4, 0.5) is 10.5 Å². The Bertz CT molecular complexity index is 686. The third-order valence-corrected chi connectivity index (χ3v) is 4.21. The van der Waals surface area contributed by atoms with Gasteiger partial charge in [0, 0.05) is 4.88 Å². The number of nitrogens with two attached hydrogens (primary N) is 1. The van der Waals surface area contributed by atoms with Crippen molar-refractivity contribution in [1.29, 1.82) is 0 Å². The normalized spacial score (nSPS) is 11.6. The molecule has 0 saturated carbocycles. The van der Waals surface area contributed by atoms with Gasteiger partial charge in [0.2, 0.25) is 5.91 Å². The molecule has 1 aromatic heterocycles. The van der Waals surface area contributed by atoms with Crippen LogP contribution in [0.25, 0.3) is 0 Å². The van der Waals surface area contributed by atoms with Crippen LogP contribution in [-0.2, 0) is 4.79 Å². The number of primary amides is 1. The summed E-state index contributed by atoms with van der Waals surface area (Å²) in [7, 11) is 1.55. The fourth-order valence-electron chi connectivity index (χ4n) is 2.19. The molecular formula is C16H19N3O3S. The number of methoxy groups -OCH3 is 1. The van der Waals surface area contributed by atoms with Crippen molar-refractivity contribution in [2.45, 2.75) is 19.4 Å². The molecule has 7 heteroatoms. The summed E-state index contributed by atoms with van der Waals surface area (Å²) < 4.78 is 5.24. The number of urea groups is 1. The fraction of sp³-hybridized carbons (Fsp3) is 0.250. The van der Waals surface area contributed by atoms with E-state index in [1.54, 1.807) is 13.2 Å². The Morgan fingerprint density at radius 1 is 1.35 bits per heavy atom. The molecule has 2 aromatic rings. The first-order valence-electron chi connectivity index (χ1n) is 7.03. The third-order valence-electron chi connectivity index (χ3n) is 3.22. The molecule has 1 aromatic carbocycles. The number of aryl methyl sites for hydroxylation is 1. The molecule has 0 radical (unpaired) electrons. The average Bonchev–Trinajstić information content (AvgIpc) is 3.00. The molecule has 1 atom stereocenters. The average molecular weight is 333 g/mol. The number of amides is 3. The van der Waals surface area contributed by atoms with Crippen molar-refractivity contribution in [3.8, 4) is 5.75 Å². The lowest BCUT2D eigenvalue weighted by atomic mass is 10.1. The minimum Gasteiger partial charge on any atom is -0.495 e. The van der Waals surface area contributed by atoms with Crippen LogP contribution in [0.3, 0.4) is 0 Å². The molecule has 0 fully saturated rings. The number of carbonyl (C=O) groups is 2. The van der Waals surface area contributed by atoms with Gasteiger partial charge in [0.15, 0.2) is 0 Å². The molecule has 0 spiro atoms. The molecule has 6 nitrogen and oxygen atoms in total. The van der Waals surface area contributed by atoms with E-state index in [1.165, 1.54) is 11.3 Å². The monoisotopic (exact) mass is 333 g/mol. The van der Waals surface area contributed by atoms with Gasteiger partial charge >= 0.3 is 6.03 Å². The van der Waals surface area contributed by atoms with Crippen LogP contribution < -0.4 is 21.1 Å². The van der Waals surface area contributed by atoms with E-state index in [4.69, 9.17) is 10.5 Å². The zero-order valence-corrected chi connectivity index (χ0v) is 13.8. The van der Waals surface area contributed by atoms with Crippen molar-refractivity contribution in [2.24, 2.45) is 5.73 Å². The first kappa shape index (κ1) is 16.8. The highest BCUT2D eigenvalue weighted by Crippen LogP contribution is 2.27. The van der Waals surface area contributed by atoms with E-state index in [0.717, 1.165) is 10.4 Å².